The molecule has 2 heterocycles. The molecule has 1 N–H and O–H groups in total. The van der Waals surface area contributed by atoms with Crippen LogP contribution in [0.15, 0.2) is 10.2 Å². The van der Waals surface area contributed by atoms with Crippen LogP contribution < -0.4 is 5.32 Å². The van der Waals surface area contributed by atoms with Crippen molar-refractivity contribution < 1.29 is 4.79 Å². The Bertz CT molecular complexity index is 799. The van der Waals surface area contributed by atoms with Gasteiger partial charge in [0.05, 0.1) is 5.75 Å². The molecule has 0 bridgehead atoms. The molecule has 0 atom stereocenters. The zero-order valence-electron chi connectivity index (χ0n) is 15.2. The Morgan fingerprint density at radius 2 is 1.96 bits per heavy atom. The molecule has 0 aromatic carbocycles. The molecule has 7 heteroatoms. The Kier molecular flexibility index (Phi) is 6.06. The number of aromatic nitrogens is 2. The van der Waals surface area contributed by atoms with E-state index in [1.807, 2.05) is 17.6 Å². The Morgan fingerprint density at radius 1 is 1.15 bits per heavy atom. The highest BCUT2D eigenvalue weighted by molar-refractivity contribution is 8.00. The summed E-state index contributed by atoms with van der Waals surface area (Å²) in [6, 6.07) is 0.373. The van der Waals surface area contributed by atoms with E-state index in [0.717, 1.165) is 40.7 Å². The van der Waals surface area contributed by atoms with Gasteiger partial charge in [0.25, 0.3) is 0 Å². The molecule has 1 fully saturated rings. The van der Waals surface area contributed by atoms with Crippen molar-refractivity contribution in [2.24, 2.45) is 0 Å². The van der Waals surface area contributed by atoms with Gasteiger partial charge in [0.15, 0.2) is 5.16 Å². The van der Waals surface area contributed by atoms with Crippen molar-refractivity contribution in [2.75, 3.05) is 12.0 Å². The lowest BCUT2D eigenvalue weighted by molar-refractivity contribution is -0.119. The Balaban J connectivity index is 1.53. The minimum Gasteiger partial charge on any atom is -0.353 e. The van der Waals surface area contributed by atoms with Crippen LogP contribution in [0.3, 0.4) is 0 Å². The molecule has 2 aliphatic rings. The van der Waals surface area contributed by atoms with Crippen LogP contribution in [-0.2, 0) is 17.6 Å². The molecule has 0 saturated heterocycles. The van der Waals surface area contributed by atoms with Gasteiger partial charge in [0, 0.05) is 16.3 Å². The van der Waals surface area contributed by atoms with Crippen LogP contribution in [0.4, 0.5) is 0 Å². The highest BCUT2D eigenvalue weighted by Gasteiger charge is 2.22. The van der Waals surface area contributed by atoms with Gasteiger partial charge in [-0.25, -0.2) is 9.97 Å². The smallest absolute Gasteiger partial charge is 0.230 e. The van der Waals surface area contributed by atoms with Crippen LogP contribution in [0.5, 0.6) is 0 Å². The summed E-state index contributed by atoms with van der Waals surface area (Å²) in [7, 11) is 0. The van der Waals surface area contributed by atoms with E-state index in [4.69, 9.17) is 9.97 Å². The monoisotopic (exact) mass is 407 g/mol. The average molecular weight is 408 g/mol. The number of aryl methyl sites for hydroxylation is 2. The first-order chi connectivity index (χ1) is 12.7. The van der Waals surface area contributed by atoms with Gasteiger partial charge in [-0.2, -0.15) is 0 Å². The van der Waals surface area contributed by atoms with Gasteiger partial charge >= 0.3 is 0 Å². The summed E-state index contributed by atoms with van der Waals surface area (Å²) in [4.78, 5) is 24.5. The molecular formula is C19H25N3OS3. The van der Waals surface area contributed by atoms with Crippen LogP contribution in [0.2, 0.25) is 0 Å². The van der Waals surface area contributed by atoms with Crippen LogP contribution >= 0.6 is 34.9 Å². The molecule has 4 rings (SSSR count). The lowest BCUT2D eigenvalue weighted by Gasteiger charge is -2.22. The zero-order valence-corrected chi connectivity index (χ0v) is 17.6. The van der Waals surface area contributed by atoms with E-state index < -0.39 is 0 Å². The topological polar surface area (TPSA) is 54.9 Å². The van der Waals surface area contributed by atoms with Crippen molar-refractivity contribution in [2.45, 2.75) is 74.0 Å². The maximum atomic E-state index is 12.4. The summed E-state index contributed by atoms with van der Waals surface area (Å²) in [6.45, 7) is 0. The van der Waals surface area contributed by atoms with Crippen molar-refractivity contribution in [1.82, 2.24) is 15.3 Å². The summed E-state index contributed by atoms with van der Waals surface area (Å²) < 4.78 is 0. The maximum absolute atomic E-state index is 12.4. The number of carbonyl (C=O) groups is 1. The fraction of sp³-hybridized carbons (Fsp3) is 0.632. The summed E-state index contributed by atoms with van der Waals surface area (Å²) in [5, 5.41) is 6.25. The summed E-state index contributed by atoms with van der Waals surface area (Å²) in [5.41, 5.74) is 1.44. The molecule has 2 aliphatic carbocycles. The van der Waals surface area contributed by atoms with Crippen molar-refractivity contribution in [1.29, 1.82) is 0 Å². The number of thiophene rings is 1. The van der Waals surface area contributed by atoms with E-state index in [1.165, 1.54) is 47.9 Å². The van der Waals surface area contributed by atoms with Gasteiger partial charge < -0.3 is 5.32 Å². The van der Waals surface area contributed by atoms with Crippen molar-refractivity contribution in [3.8, 4) is 0 Å². The van der Waals surface area contributed by atoms with Crippen LogP contribution in [0.25, 0.3) is 10.2 Å². The van der Waals surface area contributed by atoms with E-state index in [9.17, 15) is 4.79 Å². The molecule has 0 unspecified atom stereocenters. The minimum atomic E-state index is 0.142. The van der Waals surface area contributed by atoms with E-state index in [-0.39, 0.29) is 5.91 Å². The van der Waals surface area contributed by atoms with Gasteiger partial charge in [-0.15, -0.1) is 11.3 Å². The maximum Gasteiger partial charge on any atom is 0.230 e. The van der Waals surface area contributed by atoms with Crippen molar-refractivity contribution in [3.05, 3.63) is 10.4 Å². The number of thioether (sulfide) groups is 2. The first-order valence-electron chi connectivity index (χ1n) is 9.53. The second-order valence-electron chi connectivity index (χ2n) is 7.10. The third kappa shape index (κ3) is 4.04. The number of amides is 1. The molecule has 1 saturated carbocycles. The lowest BCUT2D eigenvalue weighted by Crippen LogP contribution is -2.37. The molecule has 0 radical (unpaired) electrons. The number of hydrogen-bond acceptors (Lipinski definition) is 6. The van der Waals surface area contributed by atoms with Crippen molar-refractivity contribution >= 4 is 51.0 Å². The second-order valence-corrected chi connectivity index (χ2v) is 9.92. The highest BCUT2D eigenvalue weighted by atomic mass is 32.2. The first-order valence-corrected chi connectivity index (χ1v) is 12.6. The third-order valence-electron chi connectivity index (χ3n) is 5.25. The Hall–Kier alpha value is -0.790. The van der Waals surface area contributed by atoms with E-state index in [0.29, 0.717) is 11.8 Å². The molecule has 0 aliphatic heterocycles. The predicted molar refractivity (Wildman–Crippen MR) is 112 cm³/mol. The summed E-state index contributed by atoms with van der Waals surface area (Å²) in [6.07, 6.45) is 12.9. The van der Waals surface area contributed by atoms with E-state index in [2.05, 4.69) is 5.32 Å². The standard InChI is InChI=1S/C19H25N3OS3/c1-24-19-21-17(25-11-15(23)20-12-7-3-2-4-8-12)16-13-9-5-6-10-14(13)26-18(16)22-19/h12H,2-11H2,1H3,(H,20,23). The van der Waals surface area contributed by atoms with Gasteiger partial charge in [0.2, 0.25) is 5.91 Å². The minimum absolute atomic E-state index is 0.142. The lowest BCUT2D eigenvalue weighted by atomic mass is 9.95. The highest BCUT2D eigenvalue weighted by Crippen LogP contribution is 2.40. The number of rotatable bonds is 5. The summed E-state index contributed by atoms with van der Waals surface area (Å²) in [5.74, 6) is 0.588. The number of fused-ring (bicyclic) bond motifs is 3. The van der Waals surface area contributed by atoms with Gasteiger partial charge in [-0.05, 0) is 50.3 Å². The Labute approximate surface area is 167 Å². The number of hydrogen-bond donors (Lipinski definition) is 1. The van der Waals surface area contributed by atoms with Crippen LogP contribution in [0, 0.1) is 0 Å². The fourth-order valence-electron chi connectivity index (χ4n) is 3.95. The Morgan fingerprint density at radius 3 is 2.77 bits per heavy atom. The molecule has 1 amide bonds. The number of nitrogens with one attached hydrogen (secondary N) is 1. The third-order valence-corrected chi connectivity index (χ3v) is 7.96. The molecule has 4 nitrogen and oxygen atoms in total. The average Bonchev–Trinajstić information content (AvgIpc) is 3.05. The van der Waals surface area contributed by atoms with Gasteiger partial charge in [-0.1, -0.05) is 42.8 Å². The number of carbonyl (C=O) groups excluding carboxylic acids is 1. The largest absolute Gasteiger partial charge is 0.353 e. The van der Waals surface area contributed by atoms with Crippen LogP contribution in [-0.4, -0.2) is 33.9 Å². The normalized spacial score (nSPS) is 18.0. The van der Waals surface area contributed by atoms with Gasteiger partial charge in [0.1, 0.15) is 9.86 Å². The number of nitrogens with zero attached hydrogens (tertiary/aromatic N) is 2. The molecule has 2 aromatic rings. The fourth-order valence-corrected chi connectivity index (χ4v) is 6.62. The molecule has 0 spiro atoms. The van der Waals surface area contributed by atoms with Gasteiger partial charge in [-0.3, -0.25) is 4.79 Å². The summed E-state index contributed by atoms with van der Waals surface area (Å²) >= 11 is 4.99. The van der Waals surface area contributed by atoms with Crippen molar-refractivity contribution in [3.63, 3.8) is 0 Å². The molecule has 140 valence electrons. The molecular weight excluding hydrogens is 382 g/mol. The van der Waals surface area contributed by atoms with Crippen LogP contribution in [0.1, 0.15) is 55.4 Å². The van der Waals surface area contributed by atoms with E-state index in [1.54, 1.807) is 23.5 Å². The molecule has 26 heavy (non-hydrogen) atoms. The molecule has 2 aromatic heterocycles. The quantitative estimate of drug-likeness (QED) is 0.437. The zero-order chi connectivity index (χ0) is 17.9. The SMILES string of the molecule is CSc1nc(SCC(=O)NC2CCCCC2)c2c3c(sc2n1)CCCC3. The predicted octanol–water partition coefficient (Wildman–Crippen LogP) is 4.83. The first kappa shape index (κ1) is 18.6. The van der Waals surface area contributed by atoms with E-state index >= 15 is 0 Å². The second kappa shape index (κ2) is 8.48.